The number of thiazole rings is 1. The number of pyridine rings is 1. The quantitative estimate of drug-likeness (QED) is 0.363. The van der Waals surface area contributed by atoms with E-state index in [0.717, 1.165) is 27.3 Å². The first-order valence-corrected chi connectivity index (χ1v) is 11.8. The second kappa shape index (κ2) is 8.88. The lowest BCUT2D eigenvalue weighted by atomic mass is 10.1. The van der Waals surface area contributed by atoms with Crippen LogP contribution in [0.25, 0.3) is 21.6 Å². The number of aryl methyl sites for hydroxylation is 2. The minimum atomic E-state index is -0.447. The largest absolute Gasteiger partial charge is 0.462 e. The number of carbonyl (C=O) groups excluding carboxylic acids is 1. The van der Waals surface area contributed by atoms with E-state index in [9.17, 15) is 9.59 Å². The Bertz CT molecular complexity index is 1570. The molecule has 0 amide bonds. The zero-order valence-corrected chi connectivity index (χ0v) is 19.9. The van der Waals surface area contributed by atoms with E-state index >= 15 is 0 Å². The van der Waals surface area contributed by atoms with Crippen LogP contribution in [-0.4, -0.2) is 36.3 Å². The lowest BCUT2D eigenvalue weighted by molar-refractivity contribution is 0.0525. The normalized spacial score (nSPS) is 11.5. The van der Waals surface area contributed by atoms with Crippen molar-refractivity contribution in [2.45, 2.75) is 26.9 Å². The molecule has 0 atom stereocenters. The summed E-state index contributed by atoms with van der Waals surface area (Å²) >= 11 is 1.60. The zero-order valence-electron chi connectivity index (χ0n) is 19.1. The molecule has 0 unspecified atom stereocenters. The highest BCUT2D eigenvalue weighted by molar-refractivity contribution is 7.15. The predicted molar refractivity (Wildman–Crippen MR) is 131 cm³/mol. The van der Waals surface area contributed by atoms with Gasteiger partial charge in [-0.25, -0.2) is 14.5 Å². The van der Waals surface area contributed by atoms with Crippen LogP contribution in [0.1, 0.15) is 34.4 Å². The number of rotatable bonds is 7. The van der Waals surface area contributed by atoms with Gasteiger partial charge >= 0.3 is 5.97 Å². The van der Waals surface area contributed by atoms with E-state index < -0.39 is 5.97 Å². The maximum absolute atomic E-state index is 12.7. The van der Waals surface area contributed by atoms with Gasteiger partial charge in [-0.1, -0.05) is 18.2 Å². The van der Waals surface area contributed by atoms with Crippen LogP contribution in [0.15, 0.2) is 52.9 Å². The number of benzene rings is 1. The number of aromatic nitrogens is 5. The summed E-state index contributed by atoms with van der Waals surface area (Å²) in [4.78, 5) is 30.9. The molecule has 0 saturated heterocycles. The van der Waals surface area contributed by atoms with Crippen molar-refractivity contribution in [3.05, 3.63) is 81.1 Å². The van der Waals surface area contributed by atoms with Crippen molar-refractivity contribution in [1.29, 1.82) is 0 Å². The van der Waals surface area contributed by atoms with Crippen LogP contribution in [0.5, 0.6) is 0 Å². The van der Waals surface area contributed by atoms with E-state index in [0.29, 0.717) is 30.0 Å². The number of carbonyl (C=O) groups is 1. The molecular formula is C24H24N6O3S. The molecule has 0 aliphatic heterocycles. The third-order valence-electron chi connectivity index (χ3n) is 5.76. The molecule has 4 aromatic heterocycles. The average Bonchev–Trinajstić information content (AvgIpc) is 3.53. The molecule has 0 aliphatic rings. The molecule has 0 bridgehead atoms. The highest BCUT2D eigenvalue weighted by atomic mass is 32.1. The number of para-hydroxylation sites is 1. The third-order valence-corrected chi connectivity index (χ3v) is 6.72. The Hall–Kier alpha value is -3.76. The number of imidazole rings is 1. The first-order chi connectivity index (χ1) is 16.5. The van der Waals surface area contributed by atoms with Gasteiger partial charge in [0.15, 0.2) is 4.96 Å². The predicted octanol–water partition coefficient (Wildman–Crippen LogP) is 3.21. The van der Waals surface area contributed by atoms with Gasteiger partial charge in [0.25, 0.3) is 5.56 Å². The van der Waals surface area contributed by atoms with E-state index in [1.54, 1.807) is 40.6 Å². The summed E-state index contributed by atoms with van der Waals surface area (Å²) in [5, 5.41) is 10.8. The molecule has 0 spiro atoms. The molecule has 5 aromatic rings. The molecule has 10 heteroatoms. The maximum Gasteiger partial charge on any atom is 0.341 e. The molecule has 1 aromatic carbocycles. The molecule has 0 radical (unpaired) electrons. The Kier molecular flexibility index (Phi) is 5.76. The number of nitrogens with zero attached hydrogens (tertiary/aromatic N) is 5. The monoisotopic (exact) mass is 476 g/mol. The van der Waals surface area contributed by atoms with Crippen molar-refractivity contribution in [3.8, 4) is 5.69 Å². The van der Waals surface area contributed by atoms with Crippen LogP contribution >= 0.6 is 11.3 Å². The van der Waals surface area contributed by atoms with Crippen LogP contribution in [0.3, 0.4) is 0 Å². The minimum Gasteiger partial charge on any atom is -0.462 e. The summed E-state index contributed by atoms with van der Waals surface area (Å²) in [6, 6.07) is 9.17. The SMILES string of the molecule is CCOC(=O)c1cnn(-c2cc(=O)n(C)c3ccccc23)c1CNCc1cn2c(C)csc2n1. The van der Waals surface area contributed by atoms with Gasteiger partial charge in [0.2, 0.25) is 0 Å². The highest BCUT2D eigenvalue weighted by Gasteiger charge is 2.21. The molecule has 1 N–H and O–H groups in total. The van der Waals surface area contributed by atoms with Gasteiger partial charge in [0.1, 0.15) is 5.56 Å². The highest BCUT2D eigenvalue weighted by Crippen LogP contribution is 2.23. The fraction of sp³-hybridized carbons (Fsp3) is 0.250. The summed E-state index contributed by atoms with van der Waals surface area (Å²) in [6.45, 7) is 4.92. The van der Waals surface area contributed by atoms with Crippen LogP contribution in [0.2, 0.25) is 0 Å². The molecule has 0 fully saturated rings. The first kappa shape index (κ1) is 22.1. The number of esters is 1. The topological polar surface area (TPSA) is 95.5 Å². The van der Waals surface area contributed by atoms with Crippen molar-refractivity contribution >= 4 is 33.2 Å². The number of hydrogen-bond acceptors (Lipinski definition) is 7. The molecule has 4 heterocycles. The summed E-state index contributed by atoms with van der Waals surface area (Å²) in [7, 11) is 1.74. The fourth-order valence-corrected chi connectivity index (χ4v) is 4.90. The second-order valence-corrected chi connectivity index (χ2v) is 8.78. The van der Waals surface area contributed by atoms with Crippen LogP contribution < -0.4 is 10.9 Å². The number of ether oxygens (including phenoxy) is 1. The summed E-state index contributed by atoms with van der Waals surface area (Å²) < 4.78 is 10.6. The Balaban J connectivity index is 1.52. The fourth-order valence-electron chi connectivity index (χ4n) is 4.03. The Morgan fingerprint density at radius 1 is 1.24 bits per heavy atom. The van der Waals surface area contributed by atoms with Crippen molar-refractivity contribution in [2.24, 2.45) is 7.05 Å². The van der Waals surface area contributed by atoms with Gasteiger partial charge in [0.05, 0.1) is 35.4 Å². The molecule has 174 valence electrons. The molecule has 9 nitrogen and oxygen atoms in total. The van der Waals surface area contributed by atoms with Crippen LogP contribution in [-0.2, 0) is 24.9 Å². The van der Waals surface area contributed by atoms with Gasteiger partial charge in [-0.2, -0.15) is 5.10 Å². The van der Waals surface area contributed by atoms with Crippen molar-refractivity contribution in [2.75, 3.05) is 6.61 Å². The van der Waals surface area contributed by atoms with E-state index in [2.05, 4.69) is 25.2 Å². The van der Waals surface area contributed by atoms with Gasteiger partial charge < -0.3 is 14.6 Å². The minimum absolute atomic E-state index is 0.158. The van der Waals surface area contributed by atoms with Gasteiger partial charge in [0, 0.05) is 48.9 Å². The summed E-state index contributed by atoms with van der Waals surface area (Å²) in [5.41, 5.74) is 4.26. The van der Waals surface area contributed by atoms with Gasteiger partial charge in [-0.3, -0.25) is 9.20 Å². The third kappa shape index (κ3) is 3.80. The molecule has 0 aliphatic carbocycles. The van der Waals surface area contributed by atoms with E-state index in [4.69, 9.17) is 4.74 Å². The Morgan fingerprint density at radius 3 is 2.85 bits per heavy atom. The lowest BCUT2D eigenvalue weighted by Gasteiger charge is -2.14. The van der Waals surface area contributed by atoms with Crippen molar-refractivity contribution < 1.29 is 9.53 Å². The Labute approximate surface area is 199 Å². The molecule has 5 rings (SSSR count). The van der Waals surface area contributed by atoms with Crippen LogP contribution in [0.4, 0.5) is 0 Å². The smallest absolute Gasteiger partial charge is 0.341 e. The first-order valence-electron chi connectivity index (χ1n) is 10.9. The molecule has 34 heavy (non-hydrogen) atoms. The average molecular weight is 477 g/mol. The number of fused-ring (bicyclic) bond motifs is 2. The standard InChI is InChI=1S/C24H24N6O3S/c1-4-33-23(32)18-11-26-30(20-9-22(31)28(3)19-8-6-5-7-17(19)20)21(18)12-25-10-16-13-29-15(2)14-34-24(29)27-16/h5-9,11,13-14,25H,4,10,12H2,1-3H3. The maximum atomic E-state index is 12.7. The number of hydrogen-bond donors (Lipinski definition) is 1. The summed E-state index contributed by atoms with van der Waals surface area (Å²) in [5.74, 6) is -0.447. The van der Waals surface area contributed by atoms with Crippen LogP contribution in [0, 0.1) is 6.92 Å². The van der Waals surface area contributed by atoms with E-state index in [1.807, 2.05) is 37.4 Å². The number of nitrogens with one attached hydrogen (secondary N) is 1. The van der Waals surface area contributed by atoms with E-state index in [1.165, 1.54) is 6.20 Å². The second-order valence-electron chi connectivity index (χ2n) is 7.95. The summed E-state index contributed by atoms with van der Waals surface area (Å²) in [6.07, 6.45) is 3.50. The van der Waals surface area contributed by atoms with Crippen molar-refractivity contribution in [3.63, 3.8) is 0 Å². The van der Waals surface area contributed by atoms with Gasteiger partial charge in [-0.05, 0) is 19.9 Å². The molecule has 0 saturated carbocycles. The van der Waals surface area contributed by atoms with Gasteiger partial charge in [-0.15, -0.1) is 11.3 Å². The zero-order chi connectivity index (χ0) is 23.8. The lowest BCUT2D eigenvalue weighted by Crippen LogP contribution is -2.21. The Morgan fingerprint density at radius 2 is 2.06 bits per heavy atom. The molecular weight excluding hydrogens is 452 g/mol. The van der Waals surface area contributed by atoms with Crippen molar-refractivity contribution in [1.82, 2.24) is 29.0 Å². The van der Waals surface area contributed by atoms with E-state index in [-0.39, 0.29) is 12.2 Å².